The van der Waals surface area contributed by atoms with E-state index in [1.807, 2.05) is 6.07 Å². The second-order valence-corrected chi connectivity index (χ2v) is 8.46. The molecule has 2 saturated heterocycles. The summed E-state index contributed by atoms with van der Waals surface area (Å²) >= 11 is 0. The van der Waals surface area contributed by atoms with Crippen molar-refractivity contribution in [1.29, 1.82) is 0 Å². The summed E-state index contributed by atoms with van der Waals surface area (Å²) in [6, 6.07) is 10.7. The Bertz CT molecular complexity index is 807. The lowest BCUT2D eigenvalue weighted by molar-refractivity contribution is 0.0541. The van der Waals surface area contributed by atoms with Gasteiger partial charge < -0.3 is 20.1 Å². The minimum Gasteiger partial charge on any atom is -0.396 e. The summed E-state index contributed by atoms with van der Waals surface area (Å²) in [5.41, 5.74) is 2.80. The van der Waals surface area contributed by atoms with Gasteiger partial charge in [-0.25, -0.2) is 9.97 Å². The second kappa shape index (κ2) is 9.09. The van der Waals surface area contributed by atoms with E-state index in [-0.39, 0.29) is 12.0 Å². The Morgan fingerprint density at radius 2 is 2.07 bits per heavy atom. The smallest absolute Gasteiger partial charge is 0.134 e. The monoisotopic (exact) mass is 396 g/mol. The summed E-state index contributed by atoms with van der Waals surface area (Å²) in [6.07, 6.45) is 5.84. The number of hydrogen-bond donors (Lipinski definition) is 2. The Hall–Kier alpha value is -2.18. The van der Waals surface area contributed by atoms with Gasteiger partial charge in [-0.1, -0.05) is 24.3 Å². The van der Waals surface area contributed by atoms with Crippen molar-refractivity contribution in [3.05, 3.63) is 47.8 Å². The SMILES string of the molecule is Cc1ccccc1C1(CNc2cc(N3CCCC(CO)C3)ncn2)CCOCC1. The number of ether oxygens (including phenoxy) is 1. The van der Waals surface area contributed by atoms with Gasteiger partial charge in [0.2, 0.25) is 0 Å². The van der Waals surface area contributed by atoms with E-state index in [1.54, 1.807) is 6.33 Å². The van der Waals surface area contributed by atoms with Crippen LogP contribution in [0.2, 0.25) is 0 Å². The molecule has 0 spiro atoms. The van der Waals surface area contributed by atoms with Crippen molar-refractivity contribution in [1.82, 2.24) is 9.97 Å². The van der Waals surface area contributed by atoms with Gasteiger partial charge in [0.15, 0.2) is 0 Å². The molecule has 1 atom stereocenters. The number of aliphatic hydroxyl groups excluding tert-OH is 1. The average molecular weight is 397 g/mol. The maximum absolute atomic E-state index is 9.52. The number of aromatic nitrogens is 2. The zero-order valence-electron chi connectivity index (χ0n) is 17.3. The highest BCUT2D eigenvalue weighted by molar-refractivity contribution is 5.49. The van der Waals surface area contributed by atoms with Gasteiger partial charge in [-0.3, -0.25) is 0 Å². The van der Waals surface area contributed by atoms with Crippen LogP contribution in [0.3, 0.4) is 0 Å². The minimum absolute atomic E-state index is 0.0574. The third kappa shape index (κ3) is 4.54. The van der Waals surface area contributed by atoms with E-state index < -0.39 is 0 Å². The van der Waals surface area contributed by atoms with Gasteiger partial charge in [-0.2, -0.15) is 0 Å². The van der Waals surface area contributed by atoms with Crippen LogP contribution < -0.4 is 10.2 Å². The zero-order valence-corrected chi connectivity index (χ0v) is 17.3. The van der Waals surface area contributed by atoms with Crippen LogP contribution in [0, 0.1) is 12.8 Å². The number of nitrogens with one attached hydrogen (secondary N) is 1. The fraction of sp³-hybridized carbons (Fsp3) is 0.565. The normalized spacial score (nSPS) is 21.7. The third-order valence-electron chi connectivity index (χ3n) is 6.53. The van der Waals surface area contributed by atoms with Crippen LogP contribution in [0.15, 0.2) is 36.7 Å². The molecule has 2 aromatic rings. The Morgan fingerprint density at radius 3 is 2.86 bits per heavy atom. The molecule has 1 aromatic carbocycles. The van der Waals surface area contributed by atoms with Crippen LogP contribution in [0.5, 0.6) is 0 Å². The second-order valence-electron chi connectivity index (χ2n) is 8.46. The van der Waals surface area contributed by atoms with Crippen LogP contribution >= 0.6 is 0 Å². The van der Waals surface area contributed by atoms with E-state index in [9.17, 15) is 5.11 Å². The quantitative estimate of drug-likeness (QED) is 0.782. The number of benzene rings is 1. The van der Waals surface area contributed by atoms with Crippen LogP contribution in [-0.2, 0) is 10.2 Å². The van der Waals surface area contributed by atoms with E-state index in [0.717, 1.165) is 70.2 Å². The molecule has 3 heterocycles. The summed E-state index contributed by atoms with van der Waals surface area (Å²) in [6.45, 7) is 6.70. The summed E-state index contributed by atoms with van der Waals surface area (Å²) in [5.74, 6) is 2.14. The highest BCUT2D eigenvalue weighted by Crippen LogP contribution is 2.37. The van der Waals surface area contributed by atoms with E-state index in [0.29, 0.717) is 5.92 Å². The number of anilines is 2. The lowest BCUT2D eigenvalue weighted by atomic mass is 9.72. The van der Waals surface area contributed by atoms with Gasteiger partial charge in [0.25, 0.3) is 0 Å². The predicted molar refractivity (Wildman–Crippen MR) is 115 cm³/mol. The van der Waals surface area contributed by atoms with Gasteiger partial charge in [0.05, 0.1) is 0 Å². The third-order valence-corrected chi connectivity index (χ3v) is 6.53. The molecule has 0 bridgehead atoms. The molecule has 29 heavy (non-hydrogen) atoms. The Balaban J connectivity index is 1.50. The largest absolute Gasteiger partial charge is 0.396 e. The molecule has 2 aliphatic heterocycles. The first kappa shape index (κ1) is 20.1. The first-order valence-corrected chi connectivity index (χ1v) is 10.8. The lowest BCUT2D eigenvalue weighted by Gasteiger charge is -2.39. The van der Waals surface area contributed by atoms with Gasteiger partial charge >= 0.3 is 0 Å². The highest BCUT2D eigenvalue weighted by Gasteiger charge is 2.35. The van der Waals surface area contributed by atoms with Crippen LogP contribution in [0.1, 0.15) is 36.8 Å². The molecule has 4 rings (SSSR count). The van der Waals surface area contributed by atoms with Crippen molar-refractivity contribution in [2.75, 3.05) is 49.7 Å². The molecular weight excluding hydrogens is 364 g/mol. The summed E-state index contributed by atoms with van der Waals surface area (Å²) in [7, 11) is 0. The van der Waals surface area contributed by atoms with Gasteiger partial charge in [-0.15, -0.1) is 0 Å². The van der Waals surface area contributed by atoms with Crippen molar-refractivity contribution >= 4 is 11.6 Å². The van der Waals surface area contributed by atoms with Crippen molar-refractivity contribution < 1.29 is 9.84 Å². The lowest BCUT2D eigenvalue weighted by Crippen LogP contribution is -2.41. The zero-order chi connectivity index (χ0) is 20.1. The summed E-state index contributed by atoms with van der Waals surface area (Å²) in [4.78, 5) is 11.2. The molecule has 2 aliphatic rings. The fourth-order valence-corrected chi connectivity index (χ4v) is 4.77. The highest BCUT2D eigenvalue weighted by atomic mass is 16.5. The molecule has 1 aromatic heterocycles. The molecule has 0 amide bonds. The number of rotatable bonds is 6. The number of nitrogens with zero attached hydrogens (tertiary/aromatic N) is 3. The molecule has 2 fully saturated rings. The topological polar surface area (TPSA) is 70.5 Å². The van der Waals surface area contributed by atoms with Crippen molar-refractivity contribution in [3.8, 4) is 0 Å². The molecule has 156 valence electrons. The molecule has 2 N–H and O–H groups in total. The van der Waals surface area contributed by atoms with Crippen molar-refractivity contribution in [3.63, 3.8) is 0 Å². The number of aryl methyl sites for hydroxylation is 1. The van der Waals surface area contributed by atoms with Gasteiger partial charge in [-0.05, 0) is 49.7 Å². The van der Waals surface area contributed by atoms with E-state index in [1.165, 1.54) is 11.1 Å². The predicted octanol–water partition coefficient (Wildman–Crippen LogP) is 3.15. The first-order valence-electron chi connectivity index (χ1n) is 10.8. The number of aliphatic hydroxyl groups is 1. The molecule has 0 aliphatic carbocycles. The number of piperidine rings is 1. The summed E-state index contributed by atoms with van der Waals surface area (Å²) in [5, 5.41) is 13.1. The molecule has 0 radical (unpaired) electrons. The Labute approximate surface area is 173 Å². The first-order chi connectivity index (χ1) is 14.2. The maximum atomic E-state index is 9.52. The fourth-order valence-electron chi connectivity index (χ4n) is 4.77. The van der Waals surface area contributed by atoms with E-state index in [4.69, 9.17) is 4.74 Å². The van der Waals surface area contributed by atoms with Crippen LogP contribution in [-0.4, -0.2) is 54.5 Å². The molecule has 6 heteroatoms. The molecule has 1 unspecified atom stereocenters. The standard InChI is InChI=1S/C23H32N4O2/c1-18-5-2-3-7-20(18)23(8-11-29-12-9-23)16-24-21-13-22(26-17-25-21)27-10-4-6-19(14-27)15-28/h2-3,5,7,13,17,19,28H,4,6,8-12,14-16H2,1H3,(H,24,25,26). The van der Waals surface area contributed by atoms with Crippen LogP contribution in [0.25, 0.3) is 0 Å². The van der Waals surface area contributed by atoms with Gasteiger partial charge in [0.1, 0.15) is 18.0 Å². The van der Waals surface area contributed by atoms with Crippen LogP contribution in [0.4, 0.5) is 11.6 Å². The number of hydrogen-bond acceptors (Lipinski definition) is 6. The summed E-state index contributed by atoms with van der Waals surface area (Å²) < 4.78 is 5.68. The maximum Gasteiger partial charge on any atom is 0.134 e. The Morgan fingerprint density at radius 1 is 1.24 bits per heavy atom. The van der Waals surface area contributed by atoms with Crippen molar-refractivity contribution in [2.24, 2.45) is 5.92 Å². The minimum atomic E-state index is 0.0574. The molecule has 6 nitrogen and oxygen atoms in total. The Kier molecular flexibility index (Phi) is 6.31. The average Bonchev–Trinajstić information content (AvgIpc) is 2.79. The van der Waals surface area contributed by atoms with E-state index in [2.05, 4.69) is 51.4 Å². The van der Waals surface area contributed by atoms with Gasteiger partial charge in [0, 0.05) is 50.9 Å². The van der Waals surface area contributed by atoms with E-state index >= 15 is 0 Å². The molecular formula is C23H32N4O2. The molecule has 0 saturated carbocycles. The van der Waals surface area contributed by atoms with Crippen molar-refractivity contribution in [2.45, 2.75) is 38.0 Å².